The number of rotatable bonds is 2. The summed E-state index contributed by atoms with van der Waals surface area (Å²) >= 11 is 6.18. The molecule has 2 aromatic carbocycles. The average molecular weight is 305 g/mol. The second-order valence-corrected chi connectivity index (χ2v) is 5.08. The van der Waals surface area contributed by atoms with Crippen LogP contribution in [0.3, 0.4) is 0 Å². The lowest BCUT2D eigenvalue weighted by atomic mass is 10.1. The maximum Gasteiger partial charge on any atom is 0.296 e. The van der Waals surface area contributed by atoms with Crippen molar-refractivity contribution >= 4 is 40.4 Å². The van der Waals surface area contributed by atoms with Crippen LogP contribution in [0.5, 0.6) is 0 Å². The number of nitrogens with one attached hydrogen (secondary N) is 1. The van der Waals surface area contributed by atoms with Crippen molar-refractivity contribution in [3.63, 3.8) is 0 Å². The third kappa shape index (κ3) is 2.25. The molecular formula is C15H10ClFN2O2. The molecule has 1 aliphatic rings. The van der Waals surface area contributed by atoms with Crippen molar-refractivity contribution in [2.24, 2.45) is 0 Å². The van der Waals surface area contributed by atoms with Crippen LogP contribution in [0.2, 0.25) is 5.02 Å². The molecule has 21 heavy (non-hydrogen) atoms. The van der Waals surface area contributed by atoms with E-state index in [4.69, 9.17) is 11.6 Å². The Labute approximate surface area is 125 Å². The molecule has 0 spiro atoms. The van der Waals surface area contributed by atoms with Crippen molar-refractivity contribution in [1.29, 1.82) is 0 Å². The van der Waals surface area contributed by atoms with Gasteiger partial charge in [-0.25, -0.2) is 4.39 Å². The summed E-state index contributed by atoms with van der Waals surface area (Å²) in [7, 11) is 1.72. The van der Waals surface area contributed by atoms with Crippen LogP contribution in [0, 0.1) is 5.82 Å². The van der Waals surface area contributed by atoms with Crippen LogP contribution in [0.1, 0.15) is 10.4 Å². The van der Waals surface area contributed by atoms with E-state index in [9.17, 15) is 14.0 Å². The van der Waals surface area contributed by atoms with Gasteiger partial charge < -0.3 is 10.2 Å². The quantitative estimate of drug-likeness (QED) is 0.865. The lowest BCUT2D eigenvalue weighted by Crippen LogP contribution is -2.12. The van der Waals surface area contributed by atoms with Crippen LogP contribution in [-0.2, 0) is 4.79 Å². The topological polar surface area (TPSA) is 49.4 Å². The Balaban J connectivity index is 2.06. The van der Waals surface area contributed by atoms with Gasteiger partial charge in [-0.2, -0.15) is 0 Å². The largest absolute Gasteiger partial charge is 0.343 e. The van der Waals surface area contributed by atoms with Crippen molar-refractivity contribution < 1.29 is 14.0 Å². The fraction of sp³-hybridized carbons (Fsp3) is 0.0667. The minimum absolute atomic E-state index is 0.251. The maximum absolute atomic E-state index is 13.3. The summed E-state index contributed by atoms with van der Waals surface area (Å²) in [6.07, 6.45) is 0. The number of fused-ring (bicyclic) bond motifs is 1. The normalized spacial score (nSPS) is 13.1. The van der Waals surface area contributed by atoms with Crippen molar-refractivity contribution in [3.05, 3.63) is 52.8 Å². The second-order valence-electron chi connectivity index (χ2n) is 4.67. The smallest absolute Gasteiger partial charge is 0.296 e. The number of anilines is 3. The van der Waals surface area contributed by atoms with E-state index < -0.39 is 11.7 Å². The Bertz CT molecular complexity index is 776. The number of nitrogens with zero attached hydrogens (tertiary/aromatic N) is 1. The fourth-order valence-corrected chi connectivity index (χ4v) is 2.53. The van der Waals surface area contributed by atoms with E-state index >= 15 is 0 Å². The van der Waals surface area contributed by atoms with Gasteiger partial charge in [-0.05, 0) is 30.3 Å². The zero-order valence-corrected chi connectivity index (χ0v) is 11.7. The number of halogens is 2. The van der Waals surface area contributed by atoms with Gasteiger partial charge in [0.15, 0.2) is 0 Å². The average Bonchev–Trinajstić information content (AvgIpc) is 2.73. The molecule has 6 heteroatoms. The number of benzene rings is 2. The molecule has 1 heterocycles. The Kier molecular flexibility index (Phi) is 3.14. The molecule has 0 atom stereocenters. The predicted octanol–water partition coefficient (Wildman–Crippen LogP) is 3.38. The highest BCUT2D eigenvalue weighted by Crippen LogP contribution is 2.37. The first-order valence-electron chi connectivity index (χ1n) is 6.16. The van der Waals surface area contributed by atoms with Gasteiger partial charge in [0, 0.05) is 12.7 Å². The molecule has 2 aromatic rings. The zero-order valence-electron chi connectivity index (χ0n) is 11.0. The first-order valence-corrected chi connectivity index (χ1v) is 6.53. The molecular weight excluding hydrogens is 295 g/mol. The van der Waals surface area contributed by atoms with Gasteiger partial charge in [-0.3, -0.25) is 9.59 Å². The summed E-state index contributed by atoms with van der Waals surface area (Å²) in [4.78, 5) is 24.7. The van der Waals surface area contributed by atoms with E-state index in [-0.39, 0.29) is 11.4 Å². The monoisotopic (exact) mass is 304 g/mol. The number of amides is 1. The standard InChI is InChI=1S/C15H10ClFN2O2/c1-19(9-4-2-3-8(17)5-9)13-7-12-10(6-11(13)16)14(20)15(21)18-12/h2-7H,1H3,(H,18,20,21). The van der Waals surface area contributed by atoms with Crippen LogP contribution in [0.15, 0.2) is 36.4 Å². The van der Waals surface area contributed by atoms with Gasteiger partial charge in [-0.1, -0.05) is 17.7 Å². The molecule has 0 saturated carbocycles. The Morgan fingerprint density at radius 2 is 1.95 bits per heavy atom. The van der Waals surface area contributed by atoms with Crippen molar-refractivity contribution in [2.45, 2.75) is 0 Å². The van der Waals surface area contributed by atoms with Gasteiger partial charge in [0.05, 0.1) is 22.0 Å². The predicted molar refractivity (Wildman–Crippen MR) is 78.9 cm³/mol. The first kappa shape index (κ1) is 13.6. The Hall–Kier alpha value is -2.40. The van der Waals surface area contributed by atoms with E-state index in [0.717, 1.165) is 0 Å². The molecule has 1 amide bonds. The molecule has 1 N–H and O–H groups in total. The fourth-order valence-electron chi connectivity index (χ4n) is 2.24. The number of carbonyl (C=O) groups is 2. The molecule has 0 aromatic heterocycles. The van der Waals surface area contributed by atoms with E-state index in [1.807, 2.05) is 0 Å². The van der Waals surface area contributed by atoms with Crippen molar-refractivity contribution in [1.82, 2.24) is 0 Å². The van der Waals surface area contributed by atoms with Crippen molar-refractivity contribution in [2.75, 3.05) is 17.3 Å². The van der Waals surface area contributed by atoms with E-state index in [0.29, 0.717) is 22.1 Å². The highest BCUT2D eigenvalue weighted by atomic mass is 35.5. The summed E-state index contributed by atoms with van der Waals surface area (Å²) in [6, 6.07) is 9.09. The number of ketones is 1. The molecule has 0 fully saturated rings. The van der Waals surface area contributed by atoms with Gasteiger partial charge in [0.1, 0.15) is 5.82 Å². The summed E-state index contributed by atoms with van der Waals surface area (Å²) in [5, 5.41) is 2.80. The molecule has 0 aliphatic carbocycles. The van der Waals surface area contributed by atoms with E-state index in [1.54, 1.807) is 30.1 Å². The van der Waals surface area contributed by atoms with Crippen LogP contribution in [-0.4, -0.2) is 18.7 Å². The molecule has 0 radical (unpaired) electrons. The highest BCUT2D eigenvalue weighted by Gasteiger charge is 2.29. The highest BCUT2D eigenvalue weighted by molar-refractivity contribution is 6.52. The van der Waals surface area contributed by atoms with Crippen LogP contribution < -0.4 is 10.2 Å². The minimum atomic E-state index is -0.674. The molecule has 0 bridgehead atoms. The van der Waals surface area contributed by atoms with Crippen LogP contribution >= 0.6 is 11.6 Å². The molecule has 0 saturated heterocycles. The number of hydrogen-bond acceptors (Lipinski definition) is 3. The number of Topliss-reactive ketones (excluding diaryl/α,β-unsaturated/α-hetero) is 1. The maximum atomic E-state index is 13.3. The Morgan fingerprint density at radius 3 is 2.67 bits per heavy atom. The lowest BCUT2D eigenvalue weighted by Gasteiger charge is -2.21. The first-order chi connectivity index (χ1) is 9.97. The molecule has 1 aliphatic heterocycles. The number of carbonyl (C=O) groups excluding carboxylic acids is 2. The van der Waals surface area contributed by atoms with Crippen LogP contribution in [0.4, 0.5) is 21.5 Å². The lowest BCUT2D eigenvalue weighted by molar-refractivity contribution is -0.112. The summed E-state index contributed by atoms with van der Waals surface area (Å²) in [6.45, 7) is 0. The van der Waals surface area contributed by atoms with Crippen LogP contribution in [0.25, 0.3) is 0 Å². The van der Waals surface area contributed by atoms with Gasteiger partial charge in [0.25, 0.3) is 11.7 Å². The van der Waals surface area contributed by atoms with E-state index in [1.165, 1.54) is 18.2 Å². The van der Waals surface area contributed by atoms with Gasteiger partial charge >= 0.3 is 0 Å². The van der Waals surface area contributed by atoms with Gasteiger partial charge in [0.2, 0.25) is 0 Å². The minimum Gasteiger partial charge on any atom is -0.343 e. The zero-order chi connectivity index (χ0) is 15.1. The van der Waals surface area contributed by atoms with Gasteiger partial charge in [-0.15, -0.1) is 0 Å². The molecule has 106 valence electrons. The third-order valence-corrected chi connectivity index (χ3v) is 3.65. The second kappa shape index (κ2) is 4.86. The SMILES string of the molecule is CN(c1cccc(F)c1)c1cc2c(cc1Cl)C(=O)C(=O)N2. The summed E-state index contributed by atoms with van der Waals surface area (Å²) < 4.78 is 13.3. The molecule has 3 rings (SSSR count). The Morgan fingerprint density at radius 1 is 1.19 bits per heavy atom. The summed E-state index contributed by atoms with van der Waals surface area (Å²) in [5.74, 6) is -1.64. The molecule has 0 unspecified atom stereocenters. The van der Waals surface area contributed by atoms with Crippen molar-refractivity contribution in [3.8, 4) is 0 Å². The molecule has 4 nitrogen and oxygen atoms in total. The van der Waals surface area contributed by atoms with E-state index in [2.05, 4.69) is 5.32 Å². The summed E-state index contributed by atoms with van der Waals surface area (Å²) in [5.41, 5.74) is 1.83. The number of hydrogen-bond donors (Lipinski definition) is 1. The third-order valence-electron chi connectivity index (χ3n) is 3.34.